The van der Waals surface area contributed by atoms with Crippen LogP contribution in [0.5, 0.6) is 5.75 Å². The van der Waals surface area contributed by atoms with E-state index in [1.165, 1.54) is 18.2 Å². The fourth-order valence-electron chi connectivity index (χ4n) is 2.82. The van der Waals surface area contributed by atoms with E-state index in [1.807, 2.05) is 36.4 Å². The molecular formula is C20H18N2O4. The number of carbonyl (C=O) groups is 1. The second kappa shape index (κ2) is 7.23. The number of nitro groups is 1. The van der Waals surface area contributed by atoms with Crippen molar-refractivity contribution < 1.29 is 14.5 Å². The Labute approximate surface area is 150 Å². The molecule has 0 aromatic heterocycles. The highest BCUT2D eigenvalue weighted by atomic mass is 16.6. The van der Waals surface area contributed by atoms with Crippen LogP contribution in [0.2, 0.25) is 0 Å². The highest BCUT2D eigenvalue weighted by molar-refractivity contribution is 5.94. The van der Waals surface area contributed by atoms with Crippen LogP contribution in [0.3, 0.4) is 0 Å². The molecule has 0 heterocycles. The second-order valence-electron chi connectivity index (χ2n) is 6.02. The second-order valence-corrected chi connectivity index (χ2v) is 6.02. The van der Waals surface area contributed by atoms with Crippen molar-refractivity contribution >= 4 is 22.4 Å². The quantitative estimate of drug-likeness (QED) is 0.514. The van der Waals surface area contributed by atoms with Crippen LogP contribution in [-0.2, 0) is 6.54 Å². The fraction of sp³-hybridized carbons (Fsp3) is 0.150. The lowest BCUT2D eigenvalue weighted by Gasteiger charge is -2.17. The smallest absolute Gasteiger partial charge is 0.270 e. The largest absolute Gasteiger partial charge is 0.497 e. The lowest BCUT2D eigenvalue weighted by molar-refractivity contribution is -0.384. The molecule has 0 spiro atoms. The van der Waals surface area contributed by atoms with E-state index in [9.17, 15) is 14.9 Å². The molecule has 3 aromatic carbocycles. The number of amides is 1. The van der Waals surface area contributed by atoms with Crippen molar-refractivity contribution in [1.82, 2.24) is 4.90 Å². The molecule has 0 bridgehead atoms. The number of non-ortho nitro benzene ring substituents is 1. The molecular weight excluding hydrogens is 332 g/mol. The lowest BCUT2D eigenvalue weighted by Crippen LogP contribution is -2.26. The van der Waals surface area contributed by atoms with Crippen molar-refractivity contribution in [2.45, 2.75) is 6.54 Å². The first-order valence-corrected chi connectivity index (χ1v) is 8.04. The number of carbonyl (C=O) groups excluding carboxylic acids is 1. The number of methoxy groups -OCH3 is 1. The Kier molecular flexibility index (Phi) is 4.84. The number of rotatable bonds is 5. The summed E-state index contributed by atoms with van der Waals surface area (Å²) in [6.07, 6.45) is 0. The zero-order valence-corrected chi connectivity index (χ0v) is 14.5. The summed E-state index contributed by atoms with van der Waals surface area (Å²) in [5.41, 5.74) is 1.18. The first-order valence-electron chi connectivity index (χ1n) is 8.04. The number of ether oxygens (including phenoxy) is 1. The molecule has 0 saturated carbocycles. The van der Waals surface area contributed by atoms with Gasteiger partial charge in [-0.15, -0.1) is 0 Å². The summed E-state index contributed by atoms with van der Waals surface area (Å²) in [6.45, 7) is 0.406. The lowest BCUT2D eigenvalue weighted by atomic mass is 10.1. The summed E-state index contributed by atoms with van der Waals surface area (Å²) in [7, 11) is 3.31. The standard InChI is InChI=1S/C20H18N2O4/c1-21(20(23)17-4-3-5-18(11-17)22(24)25)13-14-6-7-16-12-19(26-2)9-8-15(16)10-14/h3-12H,13H2,1-2H3. The van der Waals surface area contributed by atoms with E-state index in [4.69, 9.17) is 4.74 Å². The van der Waals surface area contributed by atoms with E-state index in [0.717, 1.165) is 22.1 Å². The van der Waals surface area contributed by atoms with Crippen LogP contribution >= 0.6 is 0 Å². The van der Waals surface area contributed by atoms with Crippen LogP contribution in [0.4, 0.5) is 5.69 Å². The van der Waals surface area contributed by atoms with Gasteiger partial charge in [0.25, 0.3) is 11.6 Å². The van der Waals surface area contributed by atoms with Gasteiger partial charge in [-0.3, -0.25) is 14.9 Å². The van der Waals surface area contributed by atoms with Crippen molar-refractivity contribution in [2.75, 3.05) is 14.2 Å². The molecule has 0 N–H and O–H groups in total. The van der Waals surface area contributed by atoms with Gasteiger partial charge in [0.2, 0.25) is 0 Å². The van der Waals surface area contributed by atoms with E-state index >= 15 is 0 Å². The highest BCUT2D eigenvalue weighted by Crippen LogP contribution is 2.23. The summed E-state index contributed by atoms with van der Waals surface area (Å²) in [5, 5.41) is 13.0. The molecule has 132 valence electrons. The minimum absolute atomic E-state index is 0.0936. The average Bonchev–Trinajstić information content (AvgIpc) is 2.66. The van der Waals surface area contributed by atoms with Gasteiger partial charge in [0.15, 0.2) is 0 Å². The number of nitrogens with zero attached hydrogens (tertiary/aromatic N) is 2. The van der Waals surface area contributed by atoms with Gasteiger partial charge in [-0.25, -0.2) is 0 Å². The molecule has 0 aliphatic rings. The van der Waals surface area contributed by atoms with Crippen molar-refractivity contribution in [1.29, 1.82) is 0 Å². The third kappa shape index (κ3) is 3.64. The molecule has 0 fully saturated rings. The van der Waals surface area contributed by atoms with Crippen LogP contribution in [0.1, 0.15) is 15.9 Å². The number of benzene rings is 3. The van der Waals surface area contributed by atoms with Gasteiger partial charge in [0, 0.05) is 31.3 Å². The molecule has 0 saturated heterocycles. The normalized spacial score (nSPS) is 10.5. The van der Waals surface area contributed by atoms with E-state index in [1.54, 1.807) is 25.1 Å². The van der Waals surface area contributed by atoms with Crippen LogP contribution in [0.25, 0.3) is 10.8 Å². The van der Waals surface area contributed by atoms with Gasteiger partial charge >= 0.3 is 0 Å². The molecule has 26 heavy (non-hydrogen) atoms. The third-order valence-electron chi connectivity index (χ3n) is 4.18. The number of nitro benzene ring substituents is 1. The van der Waals surface area contributed by atoms with Crippen molar-refractivity contribution in [2.24, 2.45) is 0 Å². The molecule has 3 rings (SSSR count). The summed E-state index contributed by atoms with van der Waals surface area (Å²) in [4.78, 5) is 24.5. The molecule has 6 nitrogen and oxygen atoms in total. The van der Waals surface area contributed by atoms with Gasteiger partial charge in [0.05, 0.1) is 12.0 Å². The van der Waals surface area contributed by atoms with Gasteiger partial charge in [0.1, 0.15) is 5.75 Å². The van der Waals surface area contributed by atoms with Gasteiger partial charge in [-0.05, 0) is 40.6 Å². The van der Waals surface area contributed by atoms with Crippen LogP contribution in [0.15, 0.2) is 60.7 Å². The Morgan fingerprint density at radius 3 is 2.54 bits per heavy atom. The molecule has 3 aromatic rings. The number of hydrogen-bond donors (Lipinski definition) is 0. The Bertz CT molecular complexity index is 984. The predicted molar refractivity (Wildman–Crippen MR) is 99.4 cm³/mol. The molecule has 0 aliphatic carbocycles. The first-order chi connectivity index (χ1) is 12.5. The zero-order chi connectivity index (χ0) is 18.7. The molecule has 1 amide bonds. The molecule has 6 heteroatoms. The summed E-state index contributed by atoms with van der Waals surface area (Å²) in [6, 6.07) is 17.5. The third-order valence-corrected chi connectivity index (χ3v) is 4.18. The maximum atomic E-state index is 12.6. The first kappa shape index (κ1) is 17.4. The minimum atomic E-state index is -0.506. The highest BCUT2D eigenvalue weighted by Gasteiger charge is 2.15. The monoisotopic (exact) mass is 350 g/mol. The Morgan fingerprint density at radius 1 is 1.08 bits per heavy atom. The van der Waals surface area contributed by atoms with Crippen molar-refractivity contribution in [3.05, 3.63) is 81.9 Å². The minimum Gasteiger partial charge on any atom is -0.497 e. The molecule has 0 aliphatic heterocycles. The maximum Gasteiger partial charge on any atom is 0.270 e. The van der Waals surface area contributed by atoms with E-state index < -0.39 is 4.92 Å². The molecule has 0 radical (unpaired) electrons. The van der Waals surface area contributed by atoms with Crippen molar-refractivity contribution in [3.8, 4) is 5.75 Å². The summed E-state index contributed by atoms with van der Waals surface area (Å²) in [5.74, 6) is 0.534. The van der Waals surface area contributed by atoms with E-state index in [0.29, 0.717) is 12.1 Å². The van der Waals surface area contributed by atoms with E-state index in [-0.39, 0.29) is 11.6 Å². The fourth-order valence-corrected chi connectivity index (χ4v) is 2.82. The van der Waals surface area contributed by atoms with Gasteiger partial charge in [-0.1, -0.05) is 24.3 Å². The SMILES string of the molecule is COc1ccc2cc(CN(C)C(=O)c3cccc([N+](=O)[O-])c3)ccc2c1. The summed E-state index contributed by atoms with van der Waals surface area (Å²) < 4.78 is 5.22. The predicted octanol–water partition coefficient (Wildman–Crippen LogP) is 4.03. The van der Waals surface area contributed by atoms with Gasteiger partial charge in [-0.2, -0.15) is 0 Å². The Morgan fingerprint density at radius 2 is 1.81 bits per heavy atom. The Balaban J connectivity index is 1.79. The average molecular weight is 350 g/mol. The van der Waals surface area contributed by atoms with Crippen LogP contribution < -0.4 is 4.74 Å². The van der Waals surface area contributed by atoms with Crippen LogP contribution in [0, 0.1) is 10.1 Å². The molecule has 0 unspecified atom stereocenters. The van der Waals surface area contributed by atoms with Crippen LogP contribution in [-0.4, -0.2) is 29.9 Å². The number of hydrogen-bond acceptors (Lipinski definition) is 4. The zero-order valence-electron chi connectivity index (χ0n) is 14.5. The maximum absolute atomic E-state index is 12.6. The topological polar surface area (TPSA) is 72.7 Å². The van der Waals surface area contributed by atoms with Gasteiger partial charge < -0.3 is 9.64 Å². The molecule has 0 atom stereocenters. The Hall–Kier alpha value is -3.41. The van der Waals surface area contributed by atoms with E-state index in [2.05, 4.69) is 0 Å². The number of fused-ring (bicyclic) bond motifs is 1. The van der Waals surface area contributed by atoms with Crippen molar-refractivity contribution in [3.63, 3.8) is 0 Å². The summed E-state index contributed by atoms with van der Waals surface area (Å²) >= 11 is 0.